The van der Waals surface area contributed by atoms with Gasteiger partial charge in [-0.05, 0) is 13.0 Å². The van der Waals surface area contributed by atoms with Gasteiger partial charge in [0.2, 0.25) is 0 Å². The number of aliphatic hydroxyl groups excluding tert-OH is 1. The summed E-state index contributed by atoms with van der Waals surface area (Å²) in [7, 11) is 0. The van der Waals surface area contributed by atoms with Crippen LogP contribution in [0, 0.1) is 0 Å². The van der Waals surface area contributed by atoms with E-state index in [0.717, 1.165) is 6.07 Å². The van der Waals surface area contributed by atoms with E-state index in [0.29, 0.717) is 0 Å². The number of hydrogen-bond acceptors (Lipinski definition) is 6. The van der Waals surface area contributed by atoms with Crippen LogP contribution in [0.4, 0.5) is 0 Å². The molecule has 0 saturated heterocycles. The minimum absolute atomic E-state index is 0.0344. The molecule has 8 heteroatoms. The Kier molecular flexibility index (Phi) is 6.69. The number of carbonyl (C=O) groups is 2. The van der Waals surface area contributed by atoms with Gasteiger partial charge in [-0.3, -0.25) is 4.79 Å². The van der Waals surface area contributed by atoms with Crippen molar-refractivity contribution in [2.24, 2.45) is 0 Å². The van der Waals surface area contributed by atoms with Crippen LogP contribution in [-0.2, 0) is 16.0 Å². The van der Waals surface area contributed by atoms with Crippen molar-refractivity contribution in [1.82, 2.24) is 0 Å². The van der Waals surface area contributed by atoms with Gasteiger partial charge < -0.3 is 20.1 Å². The number of hydrogen-bond donors (Lipinski definition) is 3. The lowest BCUT2D eigenvalue weighted by Crippen LogP contribution is -2.27. The molecule has 0 saturated carbocycles. The second-order valence-electron chi connectivity index (χ2n) is 5.93. The van der Waals surface area contributed by atoms with Gasteiger partial charge in [0.25, 0.3) is 0 Å². The molecular weight excluding hydrogens is 383 g/mol. The molecule has 3 N–H and O–H groups in total. The Bertz CT molecular complexity index is 771. The first-order valence-corrected chi connectivity index (χ1v) is 8.66. The maximum absolute atomic E-state index is 12.5. The summed E-state index contributed by atoms with van der Waals surface area (Å²) in [4.78, 5) is 24.6. The minimum atomic E-state index is -0.987. The maximum atomic E-state index is 12.5. The SMILES string of the molecule is C[C@H]1C[C@H](O)[C@H](Cl)/C=C\C=C/C(=O)Cc2c(Cl)c(O)cc(O)c2C(=O)O1. The summed E-state index contributed by atoms with van der Waals surface area (Å²) in [5.41, 5.74) is -0.335. The first-order chi connectivity index (χ1) is 12.2. The third-order valence-corrected chi connectivity index (χ3v) is 4.67. The third-order valence-electron chi connectivity index (χ3n) is 3.81. The summed E-state index contributed by atoms with van der Waals surface area (Å²) in [6.07, 6.45) is 3.73. The molecule has 1 aliphatic rings. The summed E-state index contributed by atoms with van der Waals surface area (Å²) in [6, 6.07) is 0.906. The fourth-order valence-corrected chi connectivity index (χ4v) is 2.93. The predicted molar refractivity (Wildman–Crippen MR) is 96.9 cm³/mol. The van der Waals surface area contributed by atoms with E-state index in [1.54, 1.807) is 6.92 Å². The fourth-order valence-electron chi connectivity index (χ4n) is 2.53. The van der Waals surface area contributed by atoms with Gasteiger partial charge in [-0.25, -0.2) is 4.79 Å². The van der Waals surface area contributed by atoms with Crippen molar-refractivity contribution in [2.45, 2.75) is 37.4 Å². The van der Waals surface area contributed by atoms with E-state index < -0.39 is 40.8 Å². The molecule has 1 aliphatic heterocycles. The molecule has 0 radical (unpaired) electrons. The Labute approximate surface area is 160 Å². The number of esters is 1. The van der Waals surface area contributed by atoms with E-state index >= 15 is 0 Å². The lowest BCUT2D eigenvalue weighted by molar-refractivity contribution is -0.114. The molecule has 6 nitrogen and oxygen atoms in total. The second-order valence-corrected chi connectivity index (χ2v) is 6.81. The van der Waals surface area contributed by atoms with Crippen LogP contribution in [0.15, 0.2) is 30.4 Å². The molecule has 0 fully saturated rings. The highest BCUT2D eigenvalue weighted by atomic mass is 35.5. The topological polar surface area (TPSA) is 104 Å². The number of fused-ring (bicyclic) bond motifs is 1. The summed E-state index contributed by atoms with van der Waals surface area (Å²) >= 11 is 12.1. The summed E-state index contributed by atoms with van der Waals surface area (Å²) in [6.45, 7) is 1.56. The number of aromatic hydroxyl groups is 2. The lowest BCUT2D eigenvalue weighted by atomic mass is 9.99. The highest BCUT2D eigenvalue weighted by Gasteiger charge is 2.27. The number of rotatable bonds is 0. The molecule has 1 aromatic rings. The first kappa shape index (κ1) is 20.3. The number of phenolic OH excluding ortho intramolecular Hbond substituents is 2. The molecule has 0 aliphatic carbocycles. The molecule has 0 bridgehead atoms. The van der Waals surface area contributed by atoms with E-state index in [2.05, 4.69) is 0 Å². The number of aliphatic hydroxyl groups is 1. The summed E-state index contributed by atoms with van der Waals surface area (Å²) in [5, 5.41) is 29.0. The maximum Gasteiger partial charge on any atom is 0.342 e. The summed E-state index contributed by atoms with van der Waals surface area (Å²) in [5.74, 6) is -2.36. The highest BCUT2D eigenvalue weighted by molar-refractivity contribution is 6.33. The Morgan fingerprint density at radius 2 is 1.88 bits per heavy atom. The average molecular weight is 401 g/mol. The normalized spacial score (nSPS) is 27.2. The van der Waals surface area contributed by atoms with E-state index in [9.17, 15) is 24.9 Å². The molecule has 0 spiro atoms. The molecular formula is C18H18Cl2O6. The van der Waals surface area contributed by atoms with Crippen LogP contribution in [0.3, 0.4) is 0 Å². The zero-order chi connectivity index (χ0) is 19.4. The van der Waals surface area contributed by atoms with Crippen molar-refractivity contribution >= 4 is 35.0 Å². The molecule has 0 unspecified atom stereocenters. The monoisotopic (exact) mass is 400 g/mol. The minimum Gasteiger partial charge on any atom is -0.507 e. The number of alkyl halides is 1. The van der Waals surface area contributed by atoms with E-state index in [-0.39, 0.29) is 29.0 Å². The first-order valence-electron chi connectivity index (χ1n) is 7.84. The Hall–Kier alpha value is -2.02. The van der Waals surface area contributed by atoms with Gasteiger partial charge in [-0.2, -0.15) is 0 Å². The van der Waals surface area contributed by atoms with E-state index in [4.69, 9.17) is 27.9 Å². The van der Waals surface area contributed by atoms with Crippen molar-refractivity contribution in [1.29, 1.82) is 0 Å². The fraction of sp³-hybridized carbons (Fsp3) is 0.333. The Morgan fingerprint density at radius 3 is 2.58 bits per heavy atom. The average Bonchev–Trinajstić information content (AvgIpc) is 2.54. The van der Waals surface area contributed by atoms with Gasteiger partial charge in [0.1, 0.15) is 23.2 Å². The quantitative estimate of drug-likeness (QED) is 0.456. The predicted octanol–water partition coefficient (Wildman–Crippen LogP) is 2.89. The molecule has 140 valence electrons. The Balaban J connectivity index is 2.51. The number of benzene rings is 1. The standard InChI is InChI=1S/C18H18Cl2O6/c1-9-6-13(22)12(19)5-3-2-4-10(21)7-11-16(18(25)26-9)14(23)8-15(24)17(11)20/h2-5,8-9,12-13,22-24H,6-7H2,1H3/b4-2-,5-3-/t9-,12+,13-/m0/s1. The highest BCUT2D eigenvalue weighted by Crippen LogP contribution is 2.37. The number of halogens is 2. The molecule has 26 heavy (non-hydrogen) atoms. The van der Waals surface area contributed by atoms with Crippen LogP contribution in [0.2, 0.25) is 5.02 Å². The van der Waals surface area contributed by atoms with Crippen molar-refractivity contribution in [3.8, 4) is 11.5 Å². The Morgan fingerprint density at radius 1 is 1.19 bits per heavy atom. The number of phenols is 2. The van der Waals surface area contributed by atoms with Crippen molar-refractivity contribution in [2.75, 3.05) is 0 Å². The van der Waals surface area contributed by atoms with Gasteiger partial charge in [-0.1, -0.05) is 29.8 Å². The van der Waals surface area contributed by atoms with Crippen LogP contribution < -0.4 is 0 Å². The van der Waals surface area contributed by atoms with Crippen LogP contribution in [0.1, 0.15) is 29.3 Å². The van der Waals surface area contributed by atoms with Crippen molar-refractivity contribution in [3.05, 3.63) is 46.5 Å². The largest absolute Gasteiger partial charge is 0.507 e. The summed E-state index contributed by atoms with van der Waals surface area (Å²) < 4.78 is 5.24. The van der Waals surface area contributed by atoms with Gasteiger partial charge in [0, 0.05) is 24.5 Å². The van der Waals surface area contributed by atoms with Gasteiger partial charge in [0.15, 0.2) is 5.78 Å². The molecule has 2 rings (SSSR count). The number of carbonyl (C=O) groups excluding carboxylic acids is 2. The van der Waals surface area contributed by atoms with Gasteiger partial charge >= 0.3 is 5.97 Å². The van der Waals surface area contributed by atoms with Crippen LogP contribution in [-0.4, -0.2) is 44.7 Å². The van der Waals surface area contributed by atoms with Gasteiger partial charge in [-0.15, -0.1) is 11.6 Å². The zero-order valence-corrected chi connectivity index (χ0v) is 15.4. The number of ketones is 1. The van der Waals surface area contributed by atoms with Gasteiger partial charge in [0.05, 0.1) is 16.5 Å². The van der Waals surface area contributed by atoms with Crippen LogP contribution in [0.25, 0.3) is 0 Å². The number of cyclic esters (lactones) is 1. The number of ether oxygens (including phenoxy) is 1. The molecule has 0 amide bonds. The van der Waals surface area contributed by atoms with Crippen molar-refractivity contribution in [3.63, 3.8) is 0 Å². The van der Waals surface area contributed by atoms with Crippen LogP contribution >= 0.6 is 23.2 Å². The number of allylic oxidation sites excluding steroid dienone is 3. The zero-order valence-electron chi connectivity index (χ0n) is 13.9. The lowest BCUT2D eigenvalue weighted by Gasteiger charge is -2.20. The molecule has 1 heterocycles. The molecule has 1 aromatic carbocycles. The van der Waals surface area contributed by atoms with E-state index in [1.165, 1.54) is 24.3 Å². The van der Waals surface area contributed by atoms with E-state index in [1.807, 2.05) is 0 Å². The third kappa shape index (κ3) is 4.78. The molecule has 0 aromatic heterocycles. The molecule has 3 atom stereocenters. The smallest absolute Gasteiger partial charge is 0.342 e. The van der Waals surface area contributed by atoms with Crippen molar-refractivity contribution < 1.29 is 29.6 Å². The van der Waals surface area contributed by atoms with Crippen LogP contribution in [0.5, 0.6) is 11.5 Å². The second kappa shape index (κ2) is 8.58.